The van der Waals surface area contributed by atoms with Crippen LogP contribution in [0.2, 0.25) is 18.1 Å². The lowest BCUT2D eigenvalue weighted by Gasteiger charge is -2.31. The monoisotopic (exact) mass is 314 g/mol. The van der Waals surface area contributed by atoms with Crippen molar-refractivity contribution < 1.29 is 4.42 Å². The lowest BCUT2D eigenvalue weighted by atomic mass is 10.1. The van der Waals surface area contributed by atoms with Crippen LogP contribution in [-0.4, -0.2) is 8.07 Å². The Morgan fingerprint density at radius 1 is 1.00 bits per heavy atom. The van der Waals surface area contributed by atoms with Gasteiger partial charge in [0.15, 0.2) is 0 Å². The number of benzene rings is 1. The van der Waals surface area contributed by atoms with Crippen LogP contribution in [0.4, 0.5) is 0 Å². The zero-order valence-electron chi connectivity index (χ0n) is 14.5. The lowest BCUT2D eigenvalue weighted by molar-refractivity contribution is 0.600. The molecular weight excluding hydrogens is 284 g/mol. The second-order valence-electron chi connectivity index (χ2n) is 6.57. The van der Waals surface area contributed by atoms with Crippen molar-refractivity contribution in [3.63, 3.8) is 0 Å². The van der Waals surface area contributed by atoms with Gasteiger partial charge in [0.1, 0.15) is 11.3 Å². The van der Waals surface area contributed by atoms with E-state index in [4.69, 9.17) is 4.42 Å². The number of para-hydroxylation sites is 1. The van der Waals surface area contributed by atoms with Gasteiger partial charge in [-0.2, -0.15) is 0 Å². The van der Waals surface area contributed by atoms with Crippen molar-refractivity contribution in [1.29, 1.82) is 0 Å². The van der Waals surface area contributed by atoms with Gasteiger partial charge >= 0.3 is 0 Å². The van der Waals surface area contributed by atoms with E-state index in [1.807, 2.05) is 6.08 Å². The van der Waals surface area contributed by atoms with E-state index < -0.39 is 8.07 Å². The Morgan fingerprint density at radius 2 is 1.59 bits per heavy atom. The van der Waals surface area contributed by atoms with E-state index in [1.165, 1.54) is 54.4 Å². The highest BCUT2D eigenvalue weighted by atomic mass is 28.3. The molecule has 22 heavy (non-hydrogen) atoms. The summed E-state index contributed by atoms with van der Waals surface area (Å²) in [6.45, 7) is 11.0. The SMILES string of the molecule is C=Cc1oc2ccccc2c1C[Si](CCC)(CCC)CCC. The summed E-state index contributed by atoms with van der Waals surface area (Å²) in [4.78, 5) is 0. The average Bonchev–Trinajstić information content (AvgIpc) is 2.86. The summed E-state index contributed by atoms with van der Waals surface area (Å²) < 4.78 is 6.03. The van der Waals surface area contributed by atoms with E-state index in [1.54, 1.807) is 0 Å². The van der Waals surface area contributed by atoms with Gasteiger partial charge in [0.05, 0.1) is 8.07 Å². The molecule has 0 aliphatic carbocycles. The zero-order chi connectivity index (χ0) is 16.0. The lowest BCUT2D eigenvalue weighted by Crippen LogP contribution is -2.37. The molecule has 1 aromatic carbocycles. The Balaban J connectivity index is 2.46. The van der Waals surface area contributed by atoms with E-state index >= 15 is 0 Å². The molecule has 1 nitrogen and oxygen atoms in total. The van der Waals surface area contributed by atoms with Gasteiger partial charge in [-0.25, -0.2) is 0 Å². The Hall–Kier alpha value is -1.28. The molecule has 1 heterocycles. The fraction of sp³-hybridized carbons (Fsp3) is 0.500. The third-order valence-corrected chi connectivity index (χ3v) is 10.6. The number of furan rings is 1. The molecule has 0 aliphatic heterocycles. The first-order valence-electron chi connectivity index (χ1n) is 8.82. The van der Waals surface area contributed by atoms with Crippen molar-refractivity contribution in [2.24, 2.45) is 0 Å². The van der Waals surface area contributed by atoms with Crippen LogP contribution in [0.5, 0.6) is 0 Å². The highest BCUT2D eigenvalue weighted by Gasteiger charge is 2.32. The number of rotatable bonds is 9. The van der Waals surface area contributed by atoms with E-state index in [-0.39, 0.29) is 0 Å². The molecule has 0 N–H and O–H groups in total. The van der Waals surface area contributed by atoms with Gasteiger partial charge in [-0.3, -0.25) is 0 Å². The van der Waals surface area contributed by atoms with Crippen molar-refractivity contribution in [1.82, 2.24) is 0 Å². The minimum absolute atomic E-state index is 1.00. The molecule has 0 radical (unpaired) electrons. The van der Waals surface area contributed by atoms with Crippen LogP contribution in [0.1, 0.15) is 51.4 Å². The standard InChI is InChI=1S/C20H30OSi/c1-5-13-22(14-6-2,15-7-3)16-18-17-11-9-10-12-20(17)21-19(18)8-4/h8-12H,4-7,13-16H2,1-3H3. The van der Waals surface area contributed by atoms with Gasteiger partial charge in [-0.1, -0.05) is 82.9 Å². The molecule has 0 unspecified atom stereocenters. The van der Waals surface area contributed by atoms with Crippen LogP contribution < -0.4 is 0 Å². The van der Waals surface area contributed by atoms with Gasteiger partial charge in [0, 0.05) is 10.9 Å². The van der Waals surface area contributed by atoms with Gasteiger partial charge in [0.2, 0.25) is 0 Å². The predicted molar refractivity (Wildman–Crippen MR) is 101 cm³/mol. The Labute approximate surface area is 136 Å². The molecule has 0 amide bonds. The Bertz CT molecular complexity index is 594. The normalized spacial score (nSPS) is 12.0. The van der Waals surface area contributed by atoms with Crippen molar-refractivity contribution >= 4 is 25.1 Å². The third-order valence-electron chi connectivity index (χ3n) is 4.81. The molecule has 2 rings (SSSR count). The van der Waals surface area contributed by atoms with Gasteiger partial charge in [-0.15, -0.1) is 0 Å². The molecule has 0 atom stereocenters. The molecule has 0 aliphatic rings. The summed E-state index contributed by atoms with van der Waals surface area (Å²) in [6.07, 6.45) is 5.83. The van der Waals surface area contributed by atoms with Crippen LogP contribution in [-0.2, 0) is 6.04 Å². The molecular formula is C20H30OSi. The molecule has 0 fully saturated rings. The summed E-state index contributed by atoms with van der Waals surface area (Å²) in [5, 5.41) is 1.30. The summed E-state index contributed by atoms with van der Waals surface area (Å²) in [6, 6.07) is 14.0. The first-order chi connectivity index (χ1) is 10.7. The van der Waals surface area contributed by atoms with Crippen molar-refractivity contribution in [2.45, 2.75) is 64.2 Å². The van der Waals surface area contributed by atoms with Gasteiger partial charge in [0.25, 0.3) is 0 Å². The van der Waals surface area contributed by atoms with E-state index in [2.05, 4.69) is 51.6 Å². The van der Waals surface area contributed by atoms with Crippen molar-refractivity contribution in [3.8, 4) is 0 Å². The van der Waals surface area contributed by atoms with Crippen LogP contribution in [0.15, 0.2) is 35.3 Å². The molecule has 0 saturated heterocycles. The van der Waals surface area contributed by atoms with Gasteiger partial charge in [-0.05, 0) is 18.2 Å². The average molecular weight is 315 g/mol. The van der Waals surface area contributed by atoms with Crippen LogP contribution in [0, 0.1) is 0 Å². The van der Waals surface area contributed by atoms with Crippen LogP contribution in [0.25, 0.3) is 17.0 Å². The van der Waals surface area contributed by atoms with Crippen LogP contribution >= 0.6 is 0 Å². The first-order valence-corrected chi connectivity index (χ1v) is 11.7. The van der Waals surface area contributed by atoms with Crippen molar-refractivity contribution in [2.75, 3.05) is 0 Å². The fourth-order valence-corrected chi connectivity index (χ4v) is 9.65. The highest BCUT2D eigenvalue weighted by Crippen LogP contribution is 2.35. The quantitative estimate of drug-likeness (QED) is 0.462. The molecule has 0 spiro atoms. The summed E-state index contributed by atoms with van der Waals surface area (Å²) in [7, 11) is -1.27. The van der Waals surface area contributed by atoms with E-state index in [0.717, 1.165) is 11.3 Å². The maximum absolute atomic E-state index is 6.03. The minimum Gasteiger partial charge on any atom is -0.456 e. The Kier molecular flexibility index (Phi) is 6.07. The maximum atomic E-state index is 6.03. The van der Waals surface area contributed by atoms with Crippen LogP contribution in [0.3, 0.4) is 0 Å². The summed E-state index contributed by atoms with van der Waals surface area (Å²) >= 11 is 0. The maximum Gasteiger partial charge on any atom is 0.135 e. The topological polar surface area (TPSA) is 13.1 Å². The second-order valence-corrected chi connectivity index (χ2v) is 11.4. The summed E-state index contributed by atoms with van der Waals surface area (Å²) in [5.41, 5.74) is 2.44. The number of fused-ring (bicyclic) bond motifs is 1. The predicted octanol–water partition coefficient (Wildman–Crippen LogP) is 6.84. The molecule has 0 saturated carbocycles. The largest absolute Gasteiger partial charge is 0.456 e. The number of hydrogen-bond acceptors (Lipinski definition) is 1. The van der Waals surface area contributed by atoms with E-state index in [9.17, 15) is 0 Å². The fourth-order valence-electron chi connectivity index (χ4n) is 4.07. The third kappa shape index (κ3) is 3.54. The molecule has 1 aromatic heterocycles. The smallest absolute Gasteiger partial charge is 0.135 e. The zero-order valence-corrected chi connectivity index (χ0v) is 15.5. The Morgan fingerprint density at radius 3 is 2.14 bits per heavy atom. The minimum atomic E-state index is -1.27. The summed E-state index contributed by atoms with van der Waals surface area (Å²) in [5.74, 6) is 1.00. The molecule has 2 aromatic rings. The van der Waals surface area contributed by atoms with Gasteiger partial charge < -0.3 is 4.42 Å². The van der Waals surface area contributed by atoms with E-state index in [0.29, 0.717) is 0 Å². The molecule has 120 valence electrons. The first kappa shape index (κ1) is 17.1. The highest BCUT2D eigenvalue weighted by molar-refractivity contribution is 6.79. The molecule has 2 heteroatoms. The second kappa shape index (κ2) is 7.82. The molecule has 0 bridgehead atoms. The number of hydrogen-bond donors (Lipinski definition) is 0. The van der Waals surface area contributed by atoms with Crippen molar-refractivity contribution in [3.05, 3.63) is 42.2 Å².